The van der Waals surface area contributed by atoms with E-state index in [1.54, 1.807) is 7.11 Å². The maximum Gasteiger partial charge on any atom is 0.262 e. The summed E-state index contributed by atoms with van der Waals surface area (Å²) < 4.78 is 11.2. The van der Waals surface area contributed by atoms with Crippen molar-refractivity contribution in [2.45, 2.75) is 26.0 Å². The van der Waals surface area contributed by atoms with Crippen molar-refractivity contribution in [2.75, 3.05) is 31.6 Å². The highest BCUT2D eigenvalue weighted by atomic mass is 16.5. The third kappa shape index (κ3) is 5.19. The number of hydrogen-bond donors (Lipinski definition) is 2. The van der Waals surface area contributed by atoms with Crippen LogP contribution in [0.4, 0.5) is 5.69 Å². The first-order chi connectivity index (χ1) is 14.1. The van der Waals surface area contributed by atoms with Crippen molar-refractivity contribution in [2.24, 2.45) is 0 Å². The van der Waals surface area contributed by atoms with Crippen LogP contribution in [-0.2, 0) is 16.1 Å². The fourth-order valence-corrected chi connectivity index (χ4v) is 3.23. The summed E-state index contributed by atoms with van der Waals surface area (Å²) in [6, 6.07) is 15.0. The van der Waals surface area contributed by atoms with Crippen LogP contribution in [0.25, 0.3) is 0 Å². The molecule has 0 spiro atoms. The molecule has 0 saturated carbocycles. The minimum atomic E-state index is -0.654. The molecular formula is C22H27N3O4. The van der Waals surface area contributed by atoms with E-state index in [2.05, 4.69) is 10.6 Å². The number of para-hydroxylation sites is 3. The van der Waals surface area contributed by atoms with E-state index < -0.39 is 6.10 Å². The summed E-state index contributed by atoms with van der Waals surface area (Å²) in [5.41, 5.74) is 1.71. The predicted octanol–water partition coefficient (Wildman–Crippen LogP) is 2.11. The van der Waals surface area contributed by atoms with Gasteiger partial charge in [0.05, 0.1) is 25.9 Å². The van der Waals surface area contributed by atoms with Crippen molar-refractivity contribution in [3.05, 3.63) is 54.1 Å². The van der Waals surface area contributed by atoms with Crippen LogP contribution in [0.15, 0.2) is 48.5 Å². The topological polar surface area (TPSA) is 79.9 Å². The number of nitrogens with one attached hydrogen (secondary N) is 2. The summed E-state index contributed by atoms with van der Waals surface area (Å²) in [5.74, 6) is 1.03. The molecular weight excluding hydrogens is 370 g/mol. The molecule has 0 saturated heterocycles. The molecule has 0 aromatic heterocycles. The minimum Gasteiger partial charge on any atom is -0.496 e. The van der Waals surface area contributed by atoms with Crippen LogP contribution in [0.1, 0.15) is 18.9 Å². The molecule has 0 aliphatic carbocycles. The van der Waals surface area contributed by atoms with Gasteiger partial charge in [-0.3, -0.25) is 9.59 Å². The van der Waals surface area contributed by atoms with Crippen LogP contribution >= 0.6 is 0 Å². The summed E-state index contributed by atoms with van der Waals surface area (Å²) in [6.45, 7) is 3.41. The number of methoxy groups -OCH3 is 1. The summed E-state index contributed by atoms with van der Waals surface area (Å²) in [4.78, 5) is 26.9. The lowest BCUT2D eigenvalue weighted by Gasteiger charge is -2.35. The standard InChI is InChI=1S/C22H27N3O4/c1-3-12-23-22(27)20-14-25(17-9-5-7-11-19(17)29-20)15-21(26)24-13-16-8-4-6-10-18(16)28-2/h4-11,20H,3,12-15H2,1-2H3,(H,23,27)(H,24,26)/t20-/m1/s1. The van der Waals surface area contributed by atoms with E-state index in [9.17, 15) is 9.59 Å². The Morgan fingerprint density at radius 3 is 2.69 bits per heavy atom. The maximum absolute atomic E-state index is 12.6. The van der Waals surface area contributed by atoms with E-state index in [1.165, 1.54) is 0 Å². The number of anilines is 1. The maximum atomic E-state index is 12.6. The van der Waals surface area contributed by atoms with E-state index in [-0.39, 0.29) is 18.4 Å². The van der Waals surface area contributed by atoms with Crippen LogP contribution in [0.5, 0.6) is 11.5 Å². The third-order valence-electron chi connectivity index (χ3n) is 4.71. The van der Waals surface area contributed by atoms with Gasteiger partial charge in [-0.25, -0.2) is 0 Å². The van der Waals surface area contributed by atoms with Crippen molar-refractivity contribution in [3.8, 4) is 11.5 Å². The minimum absolute atomic E-state index is 0.132. The second kappa shape index (κ2) is 9.82. The quantitative estimate of drug-likeness (QED) is 0.713. The lowest BCUT2D eigenvalue weighted by Crippen LogP contribution is -2.51. The second-order valence-electron chi connectivity index (χ2n) is 6.83. The van der Waals surface area contributed by atoms with Crippen molar-refractivity contribution in [1.82, 2.24) is 10.6 Å². The van der Waals surface area contributed by atoms with Gasteiger partial charge in [0.25, 0.3) is 5.91 Å². The number of amides is 2. The van der Waals surface area contributed by atoms with E-state index >= 15 is 0 Å². The first kappa shape index (κ1) is 20.5. The van der Waals surface area contributed by atoms with Gasteiger partial charge in [0.2, 0.25) is 5.91 Å². The molecule has 29 heavy (non-hydrogen) atoms. The van der Waals surface area contributed by atoms with E-state index in [0.717, 1.165) is 23.4 Å². The summed E-state index contributed by atoms with van der Waals surface area (Å²) in [7, 11) is 1.61. The lowest BCUT2D eigenvalue weighted by molar-refractivity contribution is -0.128. The summed E-state index contributed by atoms with van der Waals surface area (Å²) >= 11 is 0. The first-order valence-corrected chi connectivity index (χ1v) is 9.79. The average Bonchev–Trinajstić information content (AvgIpc) is 2.76. The predicted molar refractivity (Wildman–Crippen MR) is 111 cm³/mol. The van der Waals surface area contributed by atoms with Gasteiger partial charge in [-0.1, -0.05) is 37.3 Å². The number of benzene rings is 2. The van der Waals surface area contributed by atoms with Gasteiger partial charge in [0.1, 0.15) is 11.5 Å². The Morgan fingerprint density at radius 1 is 1.14 bits per heavy atom. The Labute approximate surface area is 171 Å². The third-order valence-corrected chi connectivity index (χ3v) is 4.71. The Kier molecular flexibility index (Phi) is 6.94. The van der Waals surface area contributed by atoms with Gasteiger partial charge in [0.15, 0.2) is 6.10 Å². The van der Waals surface area contributed by atoms with Gasteiger partial charge in [-0.15, -0.1) is 0 Å². The monoisotopic (exact) mass is 397 g/mol. The fourth-order valence-electron chi connectivity index (χ4n) is 3.23. The molecule has 1 aliphatic rings. The van der Waals surface area contributed by atoms with Crippen LogP contribution in [0, 0.1) is 0 Å². The van der Waals surface area contributed by atoms with Crippen molar-refractivity contribution >= 4 is 17.5 Å². The van der Waals surface area contributed by atoms with E-state index in [4.69, 9.17) is 9.47 Å². The zero-order valence-corrected chi connectivity index (χ0v) is 16.8. The Hall–Kier alpha value is -3.22. The zero-order chi connectivity index (χ0) is 20.6. The Bertz CT molecular complexity index is 855. The Morgan fingerprint density at radius 2 is 1.90 bits per heavy atom. The fraction of sp³-hybridized carbons (Fsp3) is 0.364. The van der Waals surface area contributed by atoms with Crippen molar-refractivity contribution in [1.29, 1.82) is 0 Å². The normalized spacial score (nSPS) is 15.1. The van der Waals surface area contributed by atoms with Crippen LogP contribution in [0.3, 0.4) is 0 Å². The molecule has 1 atom stereocenters. The molecule has 2 amide bonds. The molecule has 154 valence electrons. The van der Waals surface area contributed by atoms with Crippen LogP contribution in [0.2, 0.25) is 0 Å². The van der Waals surface area contributed by atoms with Gasteiger partial charge < -0.3 is 25.0 Å². The molecule has 7 nitrogen and oxygen atoms in total. The number of carbonyl (C=O) groups is 2. The average molecular weight is 397 g/mol. The SMILES string of the molecule is CCCNC(=O)[C@H]1CN(CC(=O)NCc2ccccc2OC)c2ccccc2O1. The van der Waals surface area contributed by atoms with Crippen molar-refractivity contribution in [3.63, 3.8) is 0 Å². The lowest BCUT2D eigenvalue weighted by atomic mass is 10.1. The molecule has 1 heterocycles. The summed E-state index contributed by atoms with van der Waals surface area (Å²) in [5, 5.41) is 5.79. The van der Waals surface area contributed by atoms with Crippen LogP contribution < -0.4 is 25.0 Å². The van der Waals surface area contributed by atoms with Crippen molar-refractivity contribution < 1.29 is 19.1 Å². The molecule has 0 unspecified atom stereocenters. The molecule has 3 rings (SSSR count). The van der Waals surface area contributed by atoms with Crippen LogP contribution in [-0.4, -0.2) is 44.7 Å². The number of fused-ring (bicyclic) bond motifs is 1. The smallest absolute Gasteiger partial charge is 0.262 e. The number of ether oxygens (including phenoxy) is 2. The molecule has 1 aliphatic heterocycles. The number of hydrogen-bond acceptors (Lipinski definition) is 5. The first-order valence-electron chi connectivity index (χ1n) is 9.79. The number of rotatable bonds is 8. The molecule has 0 bridgehead atoms. The Balaban J connectivity index is 1.66. The van der Waals surface area contributed by atoms with Gasteiger partial charge in [-0.2, -0.15) is 0 Å². The van der Waals surface area contributed by atoms with Gasteiger partial charge >= 0.3 is 0 Å². The van der Waals surface area contributed by atoms with E-state index in [1.807, 2.05) is 60.4 Å². The second-order valence-corrected chi connectivity index (χ2v) is 6.83. The molecule has 7 heteroatoms. The summed E-state index contributed by atoms with van der Waals surface area (Å²) in [6.07, 6.45) is 0.197. The zero-order valence-electron chi connectivity index (χ0n) is 16.8. The highest BCUT2D eigenvalue weighted by Crippen LogP contribution is 2.32. The number of carbonyl (C=O) groups excluding carboxylic acids is 2. The molecule has 2 aromatic rings. The molecule has 2 aromatic carbocycles. The largest absolute Gasteiger partial charge is 0.496 e. The molecule has 0 fully saturated rings. The van der Waals surface area contributed by atoms with E-state index in [0.29, 0.717) is 25.4 Å². The molecule has 0 radical (unpaired) electrons. The number of nitrogens with zero attached hydrogens (tertiary/aromatic N) is 1. The van der Waals surface area contributed by atoms with Gasteiger partial charge in [0, 0.05) is 18.7 Å². The highest BCUT2D eigenvalue weighted by Gasteiger charge is 2.31. The molecule has 2 N–H and O–H groups in total. The highest BCUT2D eigenvalue weighted by molar-refractivity contribution is 5.86. The van der Waals surface area contributed by atoms with Gasteiger partial charge in [-0.05, 0) is 24.6 Å².